The van der Waals surface area contributed by atoms with Crippen LogP contribution in [0.5, 0.6) is 0 Å². The zero-order chi connectivity index (χ0) is 17.9. The minimum absolute atomic E-state index is 0.0326. The van der Waals surface area contributed by atoms with Crippen molar-refractivity contribution in [2.75, 3.05) is 7.11 Å². The maximum absolute atomic E-state index is 11.0. The minimum atomic E-state index is -0.407. The van der Waals surface area contributed by atoms with Crippen LogP contribution in [-0.4, -0.2) is 17.0 Å². The normalized spacial score (nSPS) is 13.7. The van der Waals surface area contributed by atoms with Gasteiger partial charge in [-0.25, -0.2) is 0 Å². The number of hydrogen-bond donors (Lipinski definition) is 1. The molecule has 1 N–H and O–H groups in total. The second-order valence-electron chi connectivity index (χ2n) is 7.19. The monoisotopic (exact) mass is 330 g/mol. The number of methoxy groups -OCH3 is 1. The number of fused-ring (bicyclic) bond motifs is 1. The third-order valence-corrected chi connectivity index (χ3v) is 4.28. The van der Waals surface area contributed by atoms with Crippen LogP contribution in [0.2, 0.25) is 0 Å². The molecule has 5 nitrogen and oxygen atoms in total. The van der Waals surface area contributed by atoms with Crippen LogP contribution in [0, 0.1) is 10.1 Å². The first-order valence-corrected chi connectivity index (χ1v) is 8.29. The van der Waals surface area contributed by atoms with Gasteiger partial charge in [0.05, 0.1) is 17.5 Å². The molecule has 1 fully saturated rings. The zero-order valence-corrected chi connectivity index (χ0v) is 14.9. The molecule has 130 valence electrons. The summed E-state index contributed by atoms with van der Waals surface area (Å²) in [6.07, 6.45) is 6.00. The number of benzene rings is 1. The fourth-order valence-electron chi connectivity index (χ4n) is 2.32. The maximum Gasteiger partial charge on any atom is 0.270 e. The van der Waals surface area contributed by atoms with E-state index < -0.39 is 4.92 Å². The van der Waals surface area contributed by atoms with E-state index in [-0.39, 0.29) is 11.1 Å². The third-order valence-electron chi connectivity index (χ3n) is 4.28. The summed E-state index contributed by atoms with van der Waals surface area (Å²) in [6.45, 7) is 10.0. The van der Waals surface area contributed by atoms with Gasteiger partial charge in [-0.1, -0.05) is 53.0 Å². The average Bonchev–Trinajstić information content (AvgIpc) is 2.87. The van der Waals surface area contributed by atoms with Gasteiger partial charge in [0.2, 0.25) is 0 Å². The van der Waals surface area contributed by atoms with Gasteiger partial charge in [0.15, 0.2) is 0 Å². The molecule has 0 aliphatic heterocycles. The predicted molar refractivity (Wildman–Crippen MR) is 98.2 cm³/mol. The Balaban J connectivity index is 0.000000454. The van der Waals surface area contributed by atoms with Gasteiger partial charge in [0.1, 0.15) is 5.76 Å². The summed E-state index contributed by atoms with van der Waals surface area (Å²) in [5.74, 6) is 0.404. The number of hydrogen-bond acceptors (Lipinski definition) is 3. The summed E-state index contributed by atoms with van der Waals surface area (Å²) in [6, 6.07) is 4.99. The minimum Gasteiger partial charge on any atom is -0.497 e. The Kier molecular flexibility index (Phi) is 5.32. The lowest BCUT2D eigenvalue weighted by Gasteiger charge is -2.15. The van der Waals surface area contributed by atoms with E-state index in [0.717, 1.165) is 16.6 Å². The topological polar surface area (TPSA) is 68.2 Å². The van der Waals surface area contributed by atoms with Crippen molar-refractivity contribution in [1.29, 1.82) is 0 Å². The van der Waals surface area contributed by atoms with Crippen molar-refractivity contribution in [3.63, 3.8) is 0 Å². The molecule has 0 spiro atoms. The van der Waals surface area contributed by atoms with Crippen LogP contribution in [0.1, 0.15) is 57.7 Å². The van der Waals surface area contributed by atoms with Crippen molar-refractivity contribution in [2.24, 2.45) is 0 Å². The number of nitro benzene ring substituents is 1. The molecule has 0 bridgehead atoms. The van der Waals surface area contributed by atoms with Crippen molar-refractivity contribution in [1.82, 2.24) is 4.98 Å². The zero-order valence-electron chi connectivity index (χ0n) is 14.9. The Morgan fingerprint density at radius 1 is 1.21 bits per heavy atom. The molecular weight excluding hydrogens is 304 g/mol. The molecule has 3 rings (SSSR count). The lowest BCUT2D eigenvalue weighted by atomic mass is 9.92. The summed E-state index contributed by atoms with van der Waals surface area (Å²) in [4.78, 5) is 14.0. The van der Waals surface area contributed by atoms with Gasteiger partial charge in [-0.05, 0) is 6.07 Å². The molecule has 0 unspecified atom stereocenters. The number of nitrogens with one attached hydrogen (secondary N) is 1. The highest BCUT2D eigenvalue weighted by molar-refractivity contribution is 5.92. The fraction of sp³-hybridized carbons (Fsp3) is 0.474. The van der Waals surface area contributed by atoms with E-state index in [0.29, 0.717) is 11.3 Å². The summed E-state index contributed by atoms with van der Waals surface area (Å²) in [5.41, 5.74) is 2.40. The number of H-pyrrole nitrogens is 1. The SMILES string of the molecule is C1CCC1.C=C(OC)c1cc([N+](=O)[O-])cc2cc(C(C)(C)C)[nH]c12. The molecule has 0 saturated heterocycles. The van der Waals surface area contributed by atoms with Crippen LogP contribution in [0.15, 0.2) is 24.8 Å². The number of aromatic nitrogens is 1. The fourth-order valence-corrected chi connectivity index (χ4v) is 2.32. The Hall–Kier alpha value is -2.30. The molecule has 5 heteroatoms. The van der Waals surface area contributed by atoms with E-state index in [1.54, 1.807) is 6.07 Å². The van der Waals surface area contributed by atoms with E-state index in [9.17, 15) is 10.1 Å². The molecule has 1 heterocycles. The van der Waals surface area contributed by atoms with E-state index in [1.165, 1.54) is 38.9 Å². The van der Waals surface area contributed by atoms with Gasteiger partial charge in [0.25, 0.3) is 5.69 Å². The average molecular weight is 330 g/mol. The highest BCUT2D eigenvalue weighted by atomic mass is 16.6. The molecule has 0 amide bonds. The van der Waals surface area contributed by atoms with E-state index in [4.69, 9.17) is 4.74 Å². The first kappa shape index (κ1) is 18.0. The summed E-state index contributed by atoms with van der Waals surface area (Å²) in [7, 11) is 1.50. The Bertz CT molecular complexity index is 746. The number of rotatable bonds is 3. The van der Waals surface area contributed by atoms with Gasteiger partial charge in [-0.15, -0.1) is 0 Å². The van der Waals surface area contributed by atoms with Crippen molar-refractivity contribution in [3.05, 3.63) is 46.1 Å². The highest BCUT2D eigenvalue weighted by Crippen LogP contribution is 2.33. The second kappa shape index (κ2) is 7.07. The number of ether oxygens (including phenoxy) is 1. The van der Waals surface area contributed by atoms with Crippen LogP contribution < -0.4 is 0 Å². The second-order valence-corrected chi connectivity index (χ2v) is 7.19. The summed E-state index contributed by atoms with van der Waals surface area (Å²) in [5, 5.41) is 11.8. The van der Waals surface area contributed by atoms with Crippen LogP contribution >= 0.6 is 0 Å². The van der Waals surface area contributed by atoms with Gasteiger partial charge in [0, 0.05) is 34.2 Å². The lowest BCUT2D eigenvalue weighted by molar-refractivity contribution is -0.384. The standard InChI is InChI=1S/C15H18N2O3.C4H8/c1-9(20-5)12-8-11(17(18)19)6-10-7-13(15(2,3)4)16-14(10)12;1-2-4-3-1/h6-8,16H,1H2,2-5H3;1-4H2. The van der Waals surface area contributed by atoms with Gasteiger partial charge in [-0.2, -0.15) is 0 Å². The molecule has 1 aliphatic rings. The number of nitrogens with zero attached hydrogens (tertiary/aromatic N) is 1. The Labute approximate surface area is 142 Å². The number of aromatic amines is 1. The molecule has 1 aromatic carbocycles. The molecule has 1 aromatic heterocycles. The third kappa shape index (κ3) is 3.96. The van der Waals surface area contributed by atoms with Crippen molar-refractivity contribution < 1.29 is 9.66 Å². The Morgan fingerprint density at radius 3 is 2.21 bits per heavy atom. The maximum atomic E-state index is 11.0. The first-order valence-electron chi connectivity index (χ1n) is 8.29. The molecule has 24 heavy (non-hydrogen) atoms. The molecule has 0 atom stereocenters. The molecule has 1 aliphatic carbocycles. The highest BCUT2D eigenvalue weighted by Gasteiger charge is 2.21. The number of non-ortho nitro benzene ring substituents is 1. The predicted octanol–water partition coefficient (Wildman–Crippen LogP) is 5.55. The van der Waals surface area contributed by atoms with Crippen LogP contribution in [-0.2, 0) is 10.2 Å². The van der Waals surface area contributed by atoms with E-state index >= 15 is 0 Å². The van der Waals surface area contributed by atoms with E-state index in [2.05, 4.69) is 32.3 Å². The van der Waals surface area contributed by atoms with Crippen LogP contribution in [0.3, 0.4) is 0 Å². The lowest BCUT2D eigenvalue weighted by Crippen LogP contribution is -2.11. The van der Waals surface area contributed by atoms with Crippen LogP contribution in [0.25, 0.3) is 16.7 Å². The van der Waals surface area contributed by atoms with Crippen molar-refractivity contribution in [3.8, 4) is 0 Å². The van der Waals surface area contributed by atoms with Crippen LogP contribution in [0.4, 0.5) is 5.69 Å². The summed E-state index contributed by atoms with van der Waals surface area (Å²) >= 11 is 0. The molecule has 1 saturated carbocycles. The Morgan fingerprint density at radius 2 is 1.79 bits per heavy atom. The summed E-state index contributed by atoms with van der Waals surface area (Å²) < 4.78 is 5.14. The van der Waals surface area contributed by atoms with E-state index in [1.807, 2.05) is 6.07 Å². The van der Waals surface area contributed by atoms with Gasteiger partial charge < -0.3 is 9.72 Å². The van der Waals surface area contributed by atoms with Gasteiger partial charge >= 0.3 is 0 Å². The molecule has 2 aromatic rings. The smallest absolute Gasteiger partial charge is 0.270 e. The molecular formula is C19H26N2O3. The molecule has 0 radical (unpaired) electrons. The largest absolute Gasteiger partial charge is 0.497 e. The number of nitro groups is 1. The van der Waals surface area contributed by atoms with Crippen molar-refractivity contribution >= 4 is 22.3 Å². The first-order chi connectivity index (χ1) is 11.2. The van der Waals surface area contributed by atoms with Crippen molar-refractivity contribution in [2.45, 2.75) is 51.9 Å². The van der Waals surface area contributed by atoms with Gasteiger partial charge in [-0.3, -0.25) is 10.1 Å². The quantitative estimate of drug-likeness (QED) is 0.455.